The summed E-state index contributed by atoms with van der Waals surface area (Å²) in [5.74, 6) is 0.765. The van der Waals surface area contributed by atoms with Gasteiger partial charge in [0.25, 0.3) is 0 Å². The van der Waals surface area contributed by atoms with Gasteiger partial charge in [0, 0.05) is 25.9 Å². The number of aliphatic hydroxyl groups excluding tert-OH is 1. The number of hydrogen-bond donors (Lipinski definition) is 2. The average Bonchev–Trinajstić information content (AvgIpc) is 2.40. The number of nitrogens with zero attached hydrogens (tertiary/aromatic N) is 1. The first-order valence-electron chi connectivity index (χ1n) is 6.03. The van der Waals surface area contributed by atoms with Crippen molar-refractivity contribution in [3.05, 3.63) is 29.8 Å². The highest BCUT2D eigenvalue weighted by molar-refractivity contribution is 5.65. The zero-order valence-corrected chi connectivity index (χ0v) is 10.1. The zero-order valence-electron chi connectivity index (χ0n) is 10.1. The summed E-state index contributed by atoms with van der Waals surface area (Å²) in [6.07, 6.45) is 0.642. The van der Waals surface area contributed by atoms with Crippen LogP contribution in [0.3, 0.4) is 0 Å². The Morgan fingerprint density at radius 1 is 1.28 bits per heavy atom. The molecule has 0 spiro atoms. The van der Waals surface area contributed by atoms with Gasteiger partial charge in [-0.3, -0.25) is 0 Å². The quantitative estimate of drug-likeness (QED) is 0.857. The van der Waals surface area contributed by atoms with E-state index in [1.54, 1.807) is 0 Å². The van der Waals surface area contributed by atoms with Crippen molar-refractivity contribution >= 4 is 6.09 Å². The lowest BCUT2D eigenvalue weighted by Gasteiger charge is -2.30. The van der Waals surface area contributed by atoms with Gasteiger partial charge in [-0.1, -0.05) is 12.1 Å². The van der Waals surface area contributed by atoms with E-state index in [9.17, 15) is 4.79 Å². The summed E-state index contributed by atoms with van der Waals surface area (Å²) < 4.78 is 5.78. The van der Waals surface area contributed by atoms with Gasteiger partial charge in [-0.15, -0.1) is 0 Å². The van der Waals surface area contributed by atoms with Gasteiger partial charge in [-0.05, 0) is 17.7 Å². The Morgan fingerprint density at radius 2 is 1.89 bits per heavy atom. The fourth-order valence-corrected chi connectivity index (χ4v) is 2.03. The second kappa shape index (κ2) is 5.73. The van der Waals surface area contributed by atoms with E-state index < -0.39 is 6.09 Å². The van der Waals surface area contributed by atoms with Crippen molar-refractivity contribution in [3.8, 4) is 5.75 Å². The molecule has 0 unspecified atom stereocenters. The first kappa shape index (κ1) is 12.7. The Balaban J connectivity index is 1.85. The predicted molar refractivity (Wildman–Crippen MR) is 65.6 cm³/mol. The first-order chi connectivity index (χ1) is 8.69. The van der Waals surface area contributed by atoms with Crippen LogP contribution < -0.4 is 4.74 Å². The van der Waals surface area contributed by atoms with Crippen molar-refractivity contribution in [3.63, 3.8) is 0 Å². The molecular weight excluding hydrogens is 234 g/mol. The molecule has 0 atom stereocenters. The van der Waals surface area contributed by atoms with Crippen molar-refractivity contribution in [2.24, 2.45) is 0 Å². The van der Waals surface area contributed by atoms with E-state index in [4.69, 9.17) is 14.9 Å². The molecule has 1 aromatic rings. The van der Waals surface area contributed by atoms with Gasteiger partial charge >= 0.3 is 6.09 Å². The van der Waals surface area contributed by atoms with Gasteiger partial charge in [0.15, 0.2) is 0 Å². The molecule has 0 bridgehead atoms. The number of piperidine rings is 1. The number of benzene rings is 1. The molecule has 1 aliphatic rings. The van der Waals surface area contributed by atoms with E-state index >= 15 is 0 Å². The van der Waals surface area contributed by atoms with Crippen molar-refractivity contribution in [2.75, 3.05) is 13.1 Å². The molecule has 0 saturated carbocycles. The van der Waals surface area contributed by atoms with Gasteiger partial charge in [0.2, 0.25) is 0 Å². The first-order valence-corrected chi connectivity index (χ1v) is 6.03. The molecule has 2 rings (SSSR count). The van der Waals surface area contributed by atoms with Crippen LogP contribution in [0.4, 0.5) is 4.79 Å². The Labute approximate surface area is 106 Å². The molecule has 1 saturated heterocycles. The number of hydrogen-bond acceptors (Lipinski definition) is 3. The largest absolute Gasteiger partial charge is 0.490 e. The monoisotopic (exact) mass is 251 g/mol. The normalized spacial score (nSPS) is 16.6. The fraction of sp³-hybridized carbons (Fsp3) is 0.462. The Morgan fingerprint density at radius 3 is 2.39 bits per heavy atom. The summed E-state index contributed by atoms with van der Waals surface area (Å²) in [7, 11) is 0. The van der Waals surface area contributed by atoms with Crippen LogP contribution in [0.1, 0.15) is 18.4 Å². The molecule has 0 radical (unpaired) electrons. The molecular formula is C13H17NO4. The van der Waals surface area contributed by atoms with E-state index in [0.717, 1.165) is 11.3 Å². The zero-order chi connectivity index (χ0) is 13.0. The number of ether oxygens (including phenoxy) is 1. The van der Waals surface area contributed by atoms with Crippen LogP contribution in [0, 0.1) is 0 Å². The minimum absolute atomic E-state index is 0.0251. The molecule has 1 fully saturated rings. The Hall–Kier alpha value is -1.75. The van der Waals surface area contributed by atoms with Gasteiger partial charge in [0.1, 0.15) is 11.9 Å². The highest BCUT2D eigenvalue weighted by Gasteiger charge is 2.23. The topological polar surface area (TPSA) is 70.0 Å². The van der Waals surface area contributed by atoms with E-state index in [1.165, 1.54) is 4.90 Å². The number of aliphatic hydroxyl groups is 1. The van der Waals surface area contributed by atoms with Crippen LogP contribution in [0.5, 0.6) is 5.75 Å². The summed E-state index contributed by atoms with van der Waals surface area (Å²) in [5, 5.41) is 17.8. The van der Waals surface area contributed by atoms with E-state index in [2.05, 4.69) is 0 Å². The minimum Gasteiger partial charge on any atom is -0.490 e. The van der Waals surface area contributed by atoms with Crippen molar-refractivity contribution in [1.82, 2.24) is 4.90 Å². The number of carboxylic acid groups (broad SMARTS) is 1. The summed E-state index contributed by atoms with van der Waals surface area (Å²) in [6.45, 7) is 1.07. The van der Waals surface area contributed by atoms with E-state index in [1.807, 2.05) is 24.3 Å². The maximum absolute atomic E-state index is 10.8. The summed E-state index contributed by atoms with van der Waals surface area (Å²) in [5.41, 5.74) is 0.850. The maximum Gasteiger partial charge on any atom is 0.407 e. The van der Waals surface area contributed by atoms with Gasteiger partial charge < -0.3 is 19.8 Å². The lowest BCUT2D eigenvalue weighted by atomic mass is 10.1. The van der Waals surface area contributed by atoms with Crippen molar-refractivity contribution in [2.45, 2.75) is 25.6 Å². The summed E-state index contributed by atoms with van der Waals surface area (Å²) in [6, 6.07) is 7.30. The molecule has 0 aromatic heterocycles. The fourth-order valence-electron chi connectivity index (χ4n) is 2.03. The molecule has 1 aromatic carbocycles. The Bertz CT molecular complexity index is 396. The number of rotatable bonds is 3. The predicted octanol–water partition coefficient (Wildman–Crippen LogP) is 1.70. The molecule has 98 valence electrons. The lowest BCUT2D eigenvalue weighted by molar-refractivity contribution is 0.0894. The van der Waals surface area contributed by atoms with Crippen LogP contribution in [0.15, 0.2) is 24.3 Å². The third-order valence-corrected chi connectivity index (χ3v) is 3.12. The average molecular weight is 251 g/mol. The van der Waals surface area contributed by atoms with E-state index in [-0.39, 0.29) is 12.7 Å². The third-order valence-electron chi connectivity index (χ3n) is 3.12. The molecule has 1 aliphatic heterocycles. The van der Waals surface area contributed by atoms with E-state index in [0.29, 0.717) is 25.9 Å². The third kappa shape index (κ3) is 3.13. The highest BCUT2D eigenvalue weighted by atomic mass is 16.5. The van der Waals surface area contributed by atoms with Crippen LogP contribution in [-0.2, 0) is 6.61 Å². The lowest BCUT2D eigenvalue weighted by Crippen LogP contribution is -2.41. The molecule has 2 N–H and O–H groups in total. The molecule has 1 heterocycles. The van der Waals surface area contributed by atoms with Crippen LogP contribution in [-0.4, -0.2) is 40.4 Å². The van der Waals surface area contributed by atoms with Crippen molar-refractivity contribution < 1.29 is 19.7 Å². The second-order valence-electron chi connectivity index (χ2n) is 4.39. The molecule has 1 amide bonds. The molecule has 5 heteroatoms. The number of likely N-dealkylation sites (tertiary alicyclic amines) is 1. The summed E-state index contributed by atoms with van der Waals surface area (Å²) >= 11 is 0. The smallest absolute Gasteiger partial charge is 0.407 e. The van der Waals surface area contributed by atoms with Crippen LogP contribution >= 0.6 is 0 Å². The van der Waals surface area contributed by atoms with Gasteiger partial charge in [0.05, 0.1) is 6.61 Å². The summed E-state index contributed by atoms with van der Waals surface area (Å²) in [4.78, 5) is 12.2. The number of amides is 1. The maximum atomic E-state index is 10.8. The van der Waals surface area contributed by atoms with Gasteiger partial charge in [-0.25, -0.2) is 4.79 Å². The second-order valence-corrected chi connectivity index (χ2v) is 4.39. The SMILES string of the molecule is O=C(O)N1CCC(Oc2ccc(CO)cc2)CC1. The Kier molecular flexibility index (Phi) is 4.04. The van der Waals surface area contributed by atoms with Crippen molar-refractivity contribution in [1.29, 1.82) is 0 Å². The molecule has 5 nitrogen and oxygen atoms in total. The van der Waals surface area contributed by atoms with Crippen LogP contribution in [0.2, 0.25) is 0 Å². The van der Waals surface area contributed by atoms with Gasteiger partial charge in [-0.2, -0.15) is 0 Å². The standard InChI is InChI=1S/C13H17NO4/c15-9-10-1-3-11(4-2-10)18-12-5-7-14(8-6-12)13(16)17/h1-4,12,15H,5-9H2,(H,16,17). The van der Waals surface area contributed by atoms with Crippen LogP contribution in [0.25, 0.3) is 0 Å². The minimum atomic E-state index is -0.860. The number of carbonyl (C=O) groups is 1. The molecule has 18 heavy (non-hydrogen) atoms. The molecule has 0 aliphatic carbocycles. The highest BCUT2D eigenvalue weighted by Crippen LogP contribution is 2.19.